The molecule has 0 saturated heterocycles. The maximum atomic E-state index is 5.78. The lowest BCUT2D eigenvalue weighted by Crippen LogP contribution is -1.97. The first kappa shape index (κ1) is 21.3. The number of hydrogen-bond donors (Lipinski definition) is 0. The van der Waals surface area contributed by atoms with Gasteiger partial charge >= 0.3 is 0 Å². The van der Waals surface area contributed by atoms with Gasteiger partial charge in [0, 0.05) is 8.90 Å². The molecular weight excluding hydrogens is 463 g/mol. The first-order valence-corrected chi connectivity index (χ1v) is 11.5. The van der Waals surface area contributed by atoms with E-state index in [1.807, 2.05) is 6.07 Å². The maximum absolute atomic E-state index is 5.78. The zero-order chi connectivity index (χ0) is 16.6. The highest BCUT2D eigenvalue weighted by molar-refractivity contribution is 14.1. The molecule has 3 heteroatoms. The SMILES string of the molecule is BrCCCCCCCCCCCCCCOc1cccc(I)c1. The van der Waals surface area contributed by atoms with Crippen molar-refractivity contribution >= 4 is 38.5 Å². The van der Waals surface area contributed by atoms with Gasteiger partial charge in [0.1, 0.15) is 5.75 Å². The van der Waals surface area contributed by atoms with E-state index < -0.39 is 0 Å². The minimum absolute atomic E-state index is 0.856. The van der Waals surface area contributed by atoms with Gasteiger partial charge in [0.2, 0.25) is 0 Å². The van der Waals surface area contributed by atoms with Gasteiger partial charge in [0.25, 0.3) is 0 Å². The molecule has 1 nitrogen and oxygen atoms in total. The molecule has 1 rings (SSSR count). The molecule has 0 unspecified atom stereocenters. The minimum Gasteiger partial charge on any atom is -0.494 e. The maximum Gasteiger partial charge on any atom is 0.120 e. The van der Waals surface area contributed by atoms with Gasteiger partial charge in [0.15, 0.2) is 0 Å². The standard InChI is InChI=1S/C20H32BrIO/c21-16-11-9-7-5-3-1-2-4-6-8-10-12-17-23-20-15-13-14-19(22)18-20/h13-15,18H,1-12,16-17H2. The molecule has 0 aliphatic heterocycles. The normalized spacial score (nSPS) is 10.9. The van der Waals surface area contributed by atoms with Gasteiger partial charge in [-0.2, -0.15) is 0 Å². The predicted molar refractivity (Wildman–Crippen MR) is 114 cm³/mol. The Labute approximate surface area is 165 Å². The fourth-order valence-corrected chi connectivity index (χ4v) is 3.62. The van der Waals surface area contributed by atoms with Crippen LogP contribution in [-0.4, -0.2) is 11.9 Å². The molecule has 0 fully saturated rings. The molecule has 132 valence electrons. The molecule has 0 heterocycles. The van der Waals surface area contributed by atoms with E-state index in [1.54, 1.807) is 0 Å². The lowest BCUT2D eigenvalue weighted by molar-refractivity contribution is 0.304. The van der Waals surface area contributed by atoms with Crippen LogP contribution in [0.4, 0.5) is 0 Å². The van der Waals surface area contributed by atoms with Crippen LogP contribution in [0.2, 0.25) is 0 Å². The molecule has 0 atom stereocenters. The molecule has 0 spiro atoms. The number of rotatable bonds is 15. The number of hydrogen-bond acceptors (Lipinski definition) is 1. The van der Waals surface area contributed by atoms with Crippen LogP contribution in [0.25, 0.3) is 0 Å². The van der Waals surface area contributed by atoms with Crippen LogP contribution in [0, 0.1) is 3.57 Å². The smallest absolute Gasteiger partial charge is 0.120 e. The van der Waals surface area contributed by atoms with Crippen molar-refractivity contribution < 1.29 is 4.74 Å². The fourth-order valence-electron chi connectivity index (χ4n) is 2.71. The van der Waals surface area contributed by atoms with Crippen LogP contribution < -0.4 is 4.74 Å². The average molecular weight is 495 g/mol. The second-order valence-electron chi connectivity index (χ2n) is 6.24. The summed E-state index contributed by atoms with van der Waals surface area (Å²) in [5.41, 5.74) is 0. The van der Waals surface area contributed by atoms with Gasteiger partial charge in [-0.1, -0.05) is 86.2 Å². The lowest BCUT2D eigenvalue weighted by Gasteiger charge is -2.06. The van der Waals surface area contributed by atoms with E-state index in [-0.39, 0.29) is 0 Å². The summed E-state index contributed by atoms with van der Waals surface area (Å²) >= 11 is 5.81. The van der Waals surface area contributed by atoms with Crippen LogP contribution in [0.5, 0.6) is 5.75 Å². The topological polar surface area (TPSA) is 9.23 Å². The first-order chi connectivity index (χ1) is 11.3. The Balaban J connectivity index is 1.78. The molecule has 0 bridgehead atoms. The Morgan fingerprint density at radius 2 is 1.26 bits per heavy atom. The number of ether oxygens (including phenoxy) is 1. The molecule has 0 aliphatic carbocycles. The Morgan fingerprint density at radius 3 is 1.78 bits per heavy atom. The zero-order valence-corrected chi connectivity index (χ0v) is 18.1. The third kappa shape index (κ3) is 13.2. The third-order valence-corrected chi connectivity index (χ3v) is 5.32. The summed E-state index contributed by atoms with van der Waals surface area (Å²) in [7, 11) is 0. The molecule has 0 radical (unpaired) electrons. The van der Waals surface area contributed by atoms with E-state index >= 15 is 0 Å². The number of halogens is 2. The second kappa shape index (κ2) is 15.7. The Kier molecular flexibility index (Phi) is 14.6. The molecule has 1 aromatic carbocycles. The summed E-state index contributed by atoms with van der Waals surface area (Å²) < 4.78 is 7.02. The lowest BCUT2D eigenvalue weighted by atomic mass is 10.1. The van der Waals surface area contributed by atoms with Crippen LogP contribution in [0.1, 0.15) is 77.0 Å². The van der Waals surface area contributed by atoms with Crippen LogP contribution in [0.3, 0.4) is 0 Å². The fraction of sp³-hybridized carbons (Fsp3) is 0.700. The highest BCUT2D eigenvalue weighted by Gasteiger charge is 1.96. The summed E-state index contributed by atoms with van der Waals surface area (Å²) in [4.78, 5) is 0. The quantitative estimate of drug-likeness (QED) is 0.137. The van der Waals surface area contributed by atoms with Gasteiger partial charge in [-0.3, -0.25) is 0 Å². The van der Waals surface area contributed by atoms with Crippen molar-refractivity contribution in [2.45, 2.75) is 77.0 Å². The summed E-state index contributed by atoms with van der Waals surface area (Å²) in [6.45, 7) is 0.856. The molecule has 0 aromatic heterocycles. The Hall–Kier alpha value is 0.230. The molecule has 0 amide bonds. The summed E-state index contributed by atoms with van der Waals surface area (Å²) in [6, 6.07) is 8.29. The van der Waals surface area contributed by atoms with E-state index in [9.17, 15) is 0 Å². The van der Waals surface area contributed by atoms with Gasteiger partial charge in [-0.15, -0.1) is 0 Å². The van der Waals surface area contributed by atoms with E-state index in [0.717, 1.165) is 12.4 Å². The second-order valence-corrected chi connectivity index (χ2v) is 8.28. The van der Waals surface area contributed by atoms with Gasteiger partial charge in [-0.05, 0) is 53.6 Å². The van der Waals surface area contributed by atoms with Crippen LogP contribution in [-0.2, 0) is 0 Å². The first-order valence-electron chi connectivity index (χ1n) is 9.27. The Bertz CT molecular complexity index is 384. The molecule has 1 aromatic rings. The van der Waals surface area contributed by atoms with Crippen LogP contribution in [0.15, 0.2) is 24.3 Å². The van der Waals surface area contributed by atoms with Crippen molar-refractivity contribution in [3.8, 4) is 5.75 Å². The molecule has 0 aliphatic rings. The van der Waals surface area contributed by atoms with Crippen molar-refractivity contribution in [1.29, 1.82) is 0 Å². The predicted octanol–water partition coefficient (Wildman–Crippen LogP) is 7.75. The highest BCUT2D eigenvalue weighted by atomic mass is 127. The molecular formula is C20H32BrIO. The van der Waals surface area contributed by atoms with Crippen molar-refractivity contribution in [3.63, 3.8) is 0 Å². The van der Waals surface area contributed by atoms with E-state index in [0.29, 0.717) is 0 Å². The number of unbranched alkanes of at least 4 members (excludes halogenated alkanes) is 11. The van der Waals surface area contributed by atoms with Crippen molar-refractivity contribution in [2.24, 2.45) is 0 Å². The van der Waals surface area contributed by atoms with E-state index in [2.05, 4.69) is 56.7 Å². The zero-order valence-electron chi connectivity index (χ0n) is 14.4. The third-order valence-electron chi connectivity index (χ3n) is 4.09. The number of alkyl halides is 1. The van der Waals surface area contributed by atoms with E-state index in [1.165, 1.54) is 86.0 Å². The summed E-state index contributed by atoms with van der Waals surface area (Å²) in [6.07, 6.45) is 16.5. The van der Waals surface area contributed by atoms with Gasteiger partial charge < -0.3 is 4.74 Å². The highest BCUT2D eigenvalue weighted by Crippen LogP contribution is 2.16. The largest absolute Gasteiger partial charge is 0.494 e. The van der Waals surface area contributed by atoms with Crippen molar-refractivity contribution in [3.05, 3.63) is 27.8 Å². The van der Waals surface area contributed by atoms with Crippen molar-refractivity contribution in [2.75, 3.05) is 11.9 Å². The monoisotopic (exact) mass is 494 g/mol. The minimum atomic E-state index is 0.856. The van der Waals surface area contributed by atoms with E-state index in [4.69, 9.17) is 4.74 Å². The van der Waals surface area contributed by atoms with Gasteiger partial charge in [-0.25, -0.2) is 0 Å². The molecule has 23 heavy (non-hydrogen) atoms. The van der Waals surface area contributed by atoms with Gasteiger partial charge in [0.05, 0.1) is 6.61 Å². The molecule has 0 N–H and O–H groups in total. The van der Waals surface area contributed by atoms with Crippen LogP contribution >= 0.6 is 38.5 Å². The Morgan fingerprint density at radius 1 is 0.739 bits per heavy atom. The molecule has 0 saturated carbocycles. The van der Waals surface area contributed by atoms with Crippen molar-refractivity contribution in [1.82, 2.24) is 0 Å². The summed E-state index contributed by atoms with van der Waals surface area (Å²) in [5, 5.41) is 1.17. The number of benzene rings is 1. The summed E-state index contributed by atoms with van der Waals surface area (Å²) in [5.74, 6) is 1.01. The average Bonchev–Trinajstić information content (AvgIpc) is 2.55.